The zero-order chi connectivity index (χ0) is 38.0. The predicted molar refractivity (Wildman–Crippen MR) is 191 cm³/mol. The van der Waals surface area contributed by atoms with Crippen molar-refractivity contribution in [1.29, 1.82) is 0 Å². The van der Waals surface area contributed by atoms with Crippen molar-refractivity contribution in [1.82, 2.24) is 21.3 Å². The fraction of sp³-hybridized carbons (Fsp3) is 0.824. The van der Waals surface area contributed by atoms with E-state index in [4.69, 9.17) is 36.1 Å². The maximum absolute atomic E-state index is 12.8. The minimum absolute atomic E-state index is 0.0206. The van der Waals surface area contributed by atoms with Gasteiger partial charge in [0.2, 0.25) is 29.5 Å². The summed E-state index contributed by atoms with van der Waals surface area (Å²) in [6.45, 7) is 4.91. The molecule has 2 atom stereocenters. The van der Waals surface area contributed by atoms with E-state index in [1.807, 2.05) is 0 Å². The number of hydrogen-bond donors (Lipinski definition) is 7. The number of ether oxygens (including phenoxy) is 4. The van der Waals surface area contributed by atoms with E-state index in [2.05, 4.69) is 28.2 Å². The molecule has 296 valence electrons. The molecule has 0 saturated carbocycles. The van der Waals surface area contributed by atoms with Gasteiger partial charge in [0.1, 0.15) is 19.3 Å². The molecule has 0 aromatic heterocycles. The number of primary amides is 1. The Morgan fingerprint density at radius 2 is 1.25 bits per heavy atom. The van der Waals surface area contributed by atoms with E-state index in [0.29, 0.717) is 77.8 Å². The average molecular weight is 732 g/mol. The number of carbonyl (C=O) groups excluding carboxylic acids is 6. The van der Waals surface area contributed by atoms with Gasteiger partial charge in [0.05, 0.1) is 39.7 Å². The molecule has 10 N–H and O–H groups in total. The third-order valence-electron chi connectivity index (χ3n) is 7.60. The second-order valence-corrected chi connectivity index (χ2v) is 12.1. The van der Waals surface area contributed by atoms with Gasteiger partial charge in [-0.2, -0.15) is 0 Å². The lowest BCUT2D eigenvalue weighted by molar-refractivity contribution is -0.129. The van der Waals surface area contributed by atoms with Crippen molar-refractivity contribution in [3.05, 3.63) is 0 Å². The molecule has 0 aliphatic carbocycles. The normalized spacial score (nSPS) is 12.1. The van der Waals surface area contributed by atoms with Crippen LogP contribution in [0.3, 0.4) is 0 Å². The lowest BCUT2D eigenvalue weighted by atomic mass is 9.98. The van der Waals surface area contributed by atoms with Crippen molar-refractivity contribution < 1.29 is 47.7 Å². The van der Waals surface area contributed by atoms with Gasteiger partial charge in [-0.1, -0.05) is 32.6 Å². The number of nitrogens with two attached hydrogens (primary N) is 3. The van der Waals surface area contributed by atoms with Gasteiger partial charge in [-0.3, -0.25) is 28.8 Å². The molecule has 0 aliphatic heterocycles. The first-order chi connectivity index (χ1) is 24.6. The third-order valence-corrected chi connectivity index (χ3v) is 7.60. The summed E-state index contributed by atoms with van der Waals surface area (Å²) in [6.07, 6.45) is 7.33. The first-order valence-corrected chi connectivity index (χ1v) is 18.3. The Morgan fingerprint density at radius 3 is 1.94 bits per heavy atom. The van der Waals surface area contributed by atoms with E-state index in [1.165, 1.54) is 0 Å². The number of rotatable bonds is 36. The van der Waals surface area contributed by atoms with Gasteiger partial charge in [-0.25, -0.2) is 0 Å². The molecule has 17 nitrogen and oxygen atoms in total. The van der Waals surface area contributed by atoms with Gasteiger partial charge in [0.25, 0.3) is 0 Å². The average Bonchev–Trinajstić information content (AvgIpc) is 3.09. The van der Waals surface area contributed by atoms with E-state index in [0.717, 1.165) is 25.7 Å². The van der Waals surface area contributed by atoms with Crippen molar-refractivity contribution in [2.24, 2.45) is 23.1 Å². The van der Waals surface area contributed by atoms with E-state index >= 15 is 0 Å². The van der Waals surface area contributed by atoms with Gasteiger partial charge < -0.3 is 57.4 Å². The van der Waals surface area contributed by atoms with Crippen LogP contribution in [0.4, 0.5) is 0 Å². The van der Waals surface area contributed by atoms with Crippen LogP contribution in [0.15, 0.2) is 0 Å². The van der Waals surface area contributed by atoms with Crippen LogP contribution in [0.25, 0.3) is 0 Å². The summed E-state index contributed by atoms with van der Waals surface area (Å²) in [5, 5.41) is 10.8. The van der Waals surface area contributed by atoms with Crippen molar-refractivity contribution in [2.45, 2.75) is 96.4 Å². The molecule has 0 bridgehead atoms. The maximum atomic E-state index is 12.8. The van der Waals surface area contributed by atoms with Crippen LogP contribution >= 0.6 is 0 Å². The number of Topliss-reactive ketones (excluding diaryl/α,β-unsaturated/α-hetero) is 1. The number of carbonyl (C=O) groups is 6. The predicted octanol–water partition coefficient (Wildman–Crippen LogP) is -0.477. The van der Waals surface area contributed by atoms with Crippen molar-refractivity contribution in [3.8, 4) is 0 Å². The van der Waals surface area contributed by atoms with Crippen LogP contribution in [-0.2, 0) is 47.7 Å². The van der Waals surface area contributed by atoms with E-state index < -0.39 is 6.04 Å². The molecule has 0 spiro atoms. The molecule has 0 aromatic carbocycles. The maximum Gasteiger partial charge on any atom is 0.246 e. The highest BCUT2D eigenvalue weighted by Crippen LogP contribution is 2.11. The number of ketones is 1. The first-order valence-electron chi connectivity index (χ1n) is 18.3. The minimum Gasteiger partial charge on any atom is -0.379 e. The second-order valence-electron chi connectivity index (χ2n) is 12.1. The summed E-state index contributed by atoms with van der Waals surface area (Å²) >= 11 is 0. The Morgan fingerprint density at radius 1 is 0.588 bits per heavy atom. The van der Waals surface area contributed by atoms with Gasteiger partial charge in [0.15, 0.2) is 5.78 Å². The number of nitrogens with one attached hydrogen (secondary N) is 4. The topological polar surface area (TPSA) is 266 Å². The first kappa shape index (κ1) is 47.8. The Bertz CT molecular complexity index is 974. The smallest absolute Gasteiger partial charge is 0.246 e. The Kier molecular flexibility index (Phi) is 31.8. The Hall–Kier alpha value is -3.22. The van der Waals surface area contributed by atoms with Crippen LogP contribution in [-0.4, -0.2) is 121 Å². The highest BCUT2D eigenvalue weighted by atomic mass is 16.5. The molecule has 0 unspecified atom stereocenters. The van der Waals surface area contributed by atoms with Crippen LogP contribution in [0.1, 0.15) is 90.4 Å². The number of amides is 5. The molecule has 0 heterocycles. The highest BCUT2D eigenvalue weighted by Gasteiger charge is 2.20. The van der Waals surface area contributed by atoms with Crippen LogP contribution in [0, 0.1) is 5.92 Å². The quantitative estimate of drug-likeness (QED) is 0.0318. The largest absolute Gasteiger partial charge is 0.379 e. The molecule has 0 saturated heterocycles. The summed E-state index contributed by atoms with van der Waals surface area (Å²) in [5.74, 6) is -1.69. The van der Waals surface area contributed by atoms with Crippen LogP contribution in [0.2, 0.25) is 0 Å². The molecule has 0 aliphatic rings. The van der Waals surface area contributed by atoms with E-state index in [-0.39, 0.29) is 100 Å². The lowest BCUT2D eigenvalue weighted by Crippen LogP contribution is -2.47. The monoisotopic (exact) mass is 731 g/mol. The summed E-state index contributed by atoms with van der Waals surface area (Å²) in [7, 11) is 0. The third kappa shape index (κ3) is 30.1. The molecule has 0 aromatic rings. The lowest BCUT2D eigenvalue weighted by Gasteiger charge is -2.19. The van der Waals surface area contributed by atoms with E-state index in [1.54, 1.807) is 0 Å². The zero-order valence-electron chi connectivity index (χ0n) is 30.6. The number of hydrogen-bond acceptors (Lipinski definition) is 12. The summed E-state index contributed by atoms with van der Waals surface area (Å²) in [5.41, 5.74) is 16.1. The molecule has 0 radical (unpaired) electrons. The van der Waals surface area contributed by atoms with Gasteiger partial charge in [0, 0.05) is 44.9 Å². The van der Waals surface area contributed by atoms with Gasteiger partial charge in [-0.05, 0) is 45.1 Å². The van der Waals surface area contributed by atoms with Crippen molar-refractivity contribution in [3.63, 3.8) is 0 Å². The molecule has 51 heavy (non-hydrogen) atoms. The van der Waals surface area contributed by atoms with Crippen molar-refractivity contribution in [2.75, 3.05) is 79.2 Å². The molecular formula is C34H65N7O10. The molecule has 0 rings (SSSR count). The summed E-state index contributed by atoms with van der Waals surface area (Å²) in [4.78, 5) is 72.1. The van der Waals surface area contributed by atoms with Crippen LogP contribution in [0.5, 0.6) is 0 Å². The Labute approximate surface area is 302 Å². The SMILES string of the molecule is CCCCC[C@H](NC(=O)CCCC(=O)NCCOCCOCC(=O)CCCOCCOCC(=O)NCN)C(=O)NCCCC[C@H](CCN)C(N)=O. The zero-order valence-corrected chi connectivity index (χ0v) is 30.6. The van der Waals surface area contributed by atoms with Gasteiger partial charge in [-0.15, -0.1) is 0 Å². The fourth-order valence-corrected chi connectivity index (χ4v) is 4.77. The molecule has 17 heteroatoms. The molecular weight excluding hydrogens is 666 g/mol. The number of unbranched alkanes of at least 4 members (excludes halogenated alkanes) is 3. The van der Waals surface area contributed by atoms with E-state index in [9.17, 15) is 28.8 Å². The summed E-state index contributed by atoms with van der Waals surface area (Å²) in [6, 6.07) is -0.644. The fourth-order valence-electron chi connectivity index (χ4n) is 4.77. The molecule has 5 amide bonds. The van der Waals surface area contributed by atoms with Gasteiger partial charge >= 0.3 is 0 Å². The minimum atomic E-state index is -0.644. The molecule has 0 fully saturated rings. The second kappa shape index (κ2) is 33.9. The summed E-state index contributed by atoms with van der Waals surface area (Å²) < 4.78 is 21.2. The highest BCUT2D eigenvalue weighted by molar-refractivity contribution is 5.87. The Balaban J connectivity index is 3.96. The van der Waals surface area contributed by atoms with Crippen molar-refractivity contribution >= 4 is 35.3 Å². The standard InChI is InChI=1S/C34H65N7O10/c1-2-3-4-11-29(34(47)39-16-6-5-9-27(14-15-35)33(37)46)41-31(44)13-7-12-30(43)38-17-19-49-21-22-50-24-28(42)10-8-18-48-20-23-51-25-32(45)40-26-36/h27,29H,2-26,35-36H2,1H3,(H2,37,46)(H,38,43)(H,39,47)(H,40,45)(H,41,44)/t27-,29+/m1/s1. The van der Waals surface area contributed by atoms with Crippen LogP contribution < -0.4 is 38.5 Å².